The molecule has 1 aliphatic rings. The molecule has 5 N–H and O–H groups in total. The maximum atomic E-state index is 10.9. The molecule has 1 heterocycles. The van der Waals surface area contributed by atoms with Crippen LogP contribution in [-0.4, -0.2) is 112 Å². The third-order valence-electron chi connectivity index (χ3n) is 3.45. The summed E-state index contributed by atoms with van der Waals surface area (Å²) in [7, 11) is 0. The predicted octanol–water partition coefficient (Wildman–Crippen LogP) is -2.75. The van der Waals surface area contributed by atoms with Gasteiger partial charge in [-0.1, -0.05) is 0 Å². The second kappa shape index (κ2) is 9.37. The molecule has 0 bridgehead atoms. The quantitative estimate of drug-likeness (QED) is 0.374. The van der Waals surface area contributed by atoms with Gasteiger partial charge < -0.3 is 15.3 Å². The lowest BCUT2D eigenvalue weighted by molar-refractivity contribution is -0.146. The van der Waals surface area contributed by atoms with Crippen LogP contribution in [-0.2, 0) is 14.4 Å². The summed E-state index contributed by atoms with van der Waals surface area (Å²) in [4.78, 5) is 36.0. The smallest absolute Gasteiger partial charge is 0.319 e. The molecule has 23 heavy (non-hydrogen) atoms. The van der Waals surface area contributed by atoms with Crippen LogP contribution in [0.3, 0.4) is 0 Å². The molecule has 132 valence electrons. The number of carbonyl (C=O) groups is 3. The monoisotopic (exact) mass is 333 g/mol. The standard InChI is InChI=1S/C12H23N5O6/c13-17-6-4-15(8-11(20)21)2-1-14(7-10(18)19)3-5-16(17)9-12(22)23/h1-9,13H2,(H,18,19)(H,20,21)(H,22,23). The van der Waals surface area contributed by atoms with Crippen LogP contribution in [0.4, 0.5) is 0 Å². The van der Waals surface area contributed by atoms with Crippen LogP contribution in [0.2, 0.25) is 0 Å². The predicted molar refractivity (Wildman–Crippen MR) is 78.3 cm³/mol. The fourth-order valence-electron chi connectivity index (χ4n) is 2.30. The van der Waals surface area contributed by atoms with Crippen LogP contribution in [0.1, 0.15) is 0 Å². The minimum Gasteiger partial charge on any atom is -0.480 e. The molecule has 0 radical (unpaired) electrons. The number of nitrogens with two attached hydrogens (primary N) is 1. The Morgan fingerprint density at radius 1 is 0.696 bits per heavy atom. The van der Waals surface area contributed by atoms with Crippen molar-refractivity contribution in [3.8, 4) is 0 Å². The van der Waals surface area contributed by atoms with Crippen LogP contribution >= 0.6 is 0 Å². The zero-order valence-electron chi connectivity index (χ0n) is 12.8. The largest absolute Gasteiger partial charge is 0.480 e. The minimum atomic E-state index is -1.05. The molecule has 0 aromatic heterocycles. The first kappa shape index (κ1) is 19.3. The van der Waals surface area contributed by atoms with Gasteiger partial charge in [0.05, 0.1) is 13.1 Å². The number of rotatable bonds is 6. The van der Waals surface area contributed by atoms with Crippen LogP contribution < -0.4 is 5.84 Å². The second-order valence-corrected chi connectivity index (χ2v) is 5.28. The Morgan fingerprint density at radius 3 is 1.52 bits per heavy atom. The average Bonchev–Trinajstić information content (AvgIpc) is 2.43. The van der Waals surface area contributed by atoms with Crippen LogP contribution in [0.5, 0.6) is 0 Å². The lowest BCUT2D eigenvalue weighted by Crippen LogP contribution is -2.56. The van der Waals surface area contributed by atoms with Gasteiger partial charge in [0.25, 0.3) is 0 Å². The van der Waals surface area contributed by atoms with Crippen molar-refractivity contribution in [2.45, 2.75) is 0 Å². The number of aliphatic carboxylic acids is 3. The summed E-state index contributed by atoms with van der Waals surface area (Å²) in [6.45, 7) is 1.27. The average molecular weight is 333 g/mol. The number of nitrogens with zero attached hydrogens (tertiary/aromatic N) is 4. The molecule has 0 aromatic carbocycles. The van der Waals surface area contributed by atoms with Gasteiger partial charge in [0.15, 0.2) is 0 Å². The molecule has 11 heteroatoms. The maximum Gasteiger partial charge on any atom is 0.319 e. The zero-order valence-corrected chi connectivity index (χ0v) is 12.8. The minimum absolute atomic E-state index is 0.187. The Kier molecular flexibility index (Phi) is 7.85. The van der Waals surface area contributed by atoms with Crippen molar-refractivity contribution in [3.05, 3.63) is 0 Å². The highest BCUT2D eigenvalue weighted by Gasteiger charge is 2.22. The van der Waals surface area contributed by atoms with Gasteiger partial charge in [-0.25, -0.2) is 5.01 Å². The van der Waals surface area contributed by atoms with Crippen molar-refractivity contribution in [2.75, 3.05) is 58.9 Å². The number of hydrazine groups is 2. The highest BCUT2D eigenvalue weighted by molar-refractivity contribution is 5.69. The van der Waals surface area contributed by atoms with Gasteiger partial charge in [-0.05, 0) is 0 Å². The summed E-state index contributed by atoms with van der Waals surface area (Å²) in [5.74, 6) is 2.81. The summed E-state index contributed by atoms with van der Waals surface area (Å²) in [5, 5.41) is 29.4. The highest BCUT2D eigenvalue weighted by atomic mass is 16.4. The van der Waals surface area contributed by atoms with E-state index in [1.54, 1.807) is 9.80 Å². The van der Waals surface area contributed by atoms with Gasteiger partial charge in [0.2, 0.25) is 0 Å². The molecular formula is C12H23N5O6. The fraction of sp³-hybridized carbons (Fsp3) is 0.750. The normalized spacial score (nSPS) is 20.2. The molecule has 0 aromatic rings. The van der Waals surface area contributed by atoms with E-state index in [1.165, 1.54) is 10.1 Å². The molecule has 1 aliphatic heterocycles. The molecule has 0 unspecified atom stereocenters. The van der Waals surface area contributed by atoms with Gasteiger partial charge in [-0.3, -0.25) is 30.0 Å². The Bertz CT molecular complexity index is 434. The highest BCUT2D eigenvalue weighted by Crippen LogP contribution is 2.01. The third-order valence-corrected chi connectivity index (χ3v) is 3.45. The Morgan fingerprint density at radius 2 is 1.09 bits per heavy atom. The van der Waals surface area contributed by atoms with E-state index in [4.69, 9.17) is 21.2 Å². The first-order chi connectivity index (χ1) is 10.8. The van der Waals surface area contributed by atoms with E-state index in [1.807, 2.05) is 0 Å². The number of carboxylic acids is 3. The van der Waals surface area contributed by atoms with Gasteiger partial charge >= 0.3 is 17.9 Å². The van der Waals surface area contributed by atoms with Crippen molar-refractivity contribution in [1.82, 2.24) is 19.9 Å². The first-order valence-corrected chi connectivity index (χ1v) is 7.15. The summed E-state index contributed by atoms with van der Waals surface area (Å²) >= 11 is 0. The van der Waals surface area contributed by atoms with Crippen molar-refractivity contribution >= 4 is 17.9 Å². The molecule has 1 fully saturated rings. The second-order valence-electron chi connectivity index (χ2n) is 5.28. The van der Waals surface area contributed by atoms with Crippen molar-refractivity contribution in [3.63, 3.8) is 0 Å². The maximum absolute atomic E-state index is 10.9. The first-order valence-electron chi connectivity index (χ1n) is 7.15. The van der Waals surface area contributed by atoms with E-state index in [9.17, 15) is 14.4 Å². The molecule has 0 saturated carbocycles. The van der Waals surface area contributed by atoms with E-state index >= 15 is 0 Å². The lowest BCUT2D eigenvalue weighted by atomic mass is 10.3. The van der Waals surface area contributed by atoms with Gasteiger partial charge in [0.1, 0.15) is 6.54 Å². The molecule has 0 atom stereocenters. The van der Waals surface area contributed by atoms with E-state index in [2.05, 4.69) is 0 Å². The molecule has 0 amide bonds. The Labute approximate surface area is 133 Å². The number of carboxylic acid groups (broad SMARTS) is 3. The van der Waals surface area contributed by atoms with Crippen LogP contribution in [0.15, 0.2) is 0 Å². The fourth-order valence-corrected chi connectivity index (χ4v) is 2.30. The number of hydrogen-bond acceptors (Lipinski definition) is 8. The van der Waals surface area contributed by atoms with E-state index in [-0.39, 0.29) is 32.7 Å². The molecule has 0 aliphatic carbocycles. The Balaban J connectivity index is 2.79. The van der Waals surface area contributed by atoms with Crippen LogP contribution in [0.25, 0.3) is 0 Å². The van der Waals surface area contributed by atoms with E-state index in [0.717, 1.165) is 0 Å². The van der Waals surface area contributed by atoms with E-state index in [0.29, 0.717) is 26.2 Å². The molecule has 0 spiro atoms. The number of hydrogen-bond donors (Lipinski definition) is 4. The summed E-state index contributed by atoms with van der Waals surface area (Å²) in [6.07, 6.45) is 0. The molecule has 1 rings (SSSR count). The molecular weight excluding hydrogens is 310 g/mol. The topological polar surface area (TPSA) is 151 Å². The lowest BCUT2D eigenvalue weighted by Gasteiger charge is -2.35. The summed E-state index contributed by atoms with van der Waals surface area (Å²) in [6, 6.07) is 0. The van der Waals surface area contributed by atoms with Gasteiger partial charge in [0, 0.05) is 39.3 Å². The van der Waals surface area contributed by atoms with Gasteiger partial charge in [-0.15, -0.1) is 0 Å². The Hall–Kier alpha value is -1.79. The molecule has 1 saturated heterocycles. The zero-order chi connectivity index (χ0) is 17.4. The van der Waals surface area contributed by atoms with Crippen molar-refractivity contribution in [1.29, 1.82) is 0 Å². The summed E-state index contributed by atoms with van der Waals surface area (Å²) in [5.41, 5.74) is 0. The summed E-state index contributed by atoms with van der Waals surface area (Å²) < 4.78 is 0. The third kappa shape index (κ3) is 7.85. The van der Waals surface area contributed by atoms with Crippen molar-refractivity contribution < 1.29 is 29.7 Å². The SMILES string of the molecule is NN1CCN(CC(=O)O)CCN(CC(=O)O)CCN1CC(=O)O. The molecule has 11 nitrogen and oxygen atoms in total. The van der Waals surface area contributed by atoms with Crippen LogP contribution in [0, 0.1) is 0 Å². The van der Waals surface area contributed by atoms with E-state index < -0.39 is 17.9 Å². The van der Waals surface area contributed by atoms with Crippen molar-refractivity contribution in [2.24, 2.45) is 5.84 Å². The van der Waals surface area contributed by atoms with Gasteiger partial charge in [-0.2, -0.15) is 5.12 Å².